The van der Waals surface area contributed by atoms with Crippen molar-refractivity contribution in [2.75, 3.05) is 44.6 Å². The van der Waals surface area contributed by atoms with Crippen LogP contribution in [0.15, 0.2) is 18.2 Å². The van der Waals surface area contributed by atoms with Gasteiger partial charge in [-0.15, -0.1) is 0 Å². The van der Waals surface area contributed by atoms with Crippen molar-refractivity contribution in [3.05, 3.63) is 28.2 Å². The van der Waals surface area contributed by atoms with Gasteiger partial charge in [0, 0.05) is 38.4 Å². The zero-order valence-corrected chi connectivity index (χ0v) is 12.5. The largest absolute Gasteiger partial charge is 0.395 e. The van der Waals surface area contributed by atoms with E-state index in [-0.39, 0.29) is 12.6 Å². The number of piperazine rings is 1. The molecule has 2 N–H and O–H groups in total. The Balaban J connectivity index is 1.88. The van der Waals surface area contributed by atoms with Gasteiger partial charge in [-0.3, -0.25) is 4.90 Å². The number of hydrogen-bond acceptors (Lipinski definition) is 3. The fourth-order valence-corrected chi connectivity index (χ4v) is 2.39. The van der Waals surface area contributed by atoms with Crippen LogP contribution in [0.4, 0.5) is 10.5 Å². The van der Waals surface area contributed by atoms with Crippen molar-refractivity contribution in [2.45, 2.75) is 0 Å². The van der Waals surface area contributed by atoms with Gasteiger partial charge in [0.1, 0.15) is 0 Å². The predicted molar refractivity (Wildman–Crippen MR) is 80.6 cm³/mol. The average Bonchev–Trinajstić information content (AvgIpc) is 2.44. The number of anilines is 1. The number of carbonyl (C=O) groups is 1. The van der Waals surface area contributed by atoms with Crippen LogP contribution in [-0.4, -0.2) is 60.3 Å². The molecule has 1 heterocycles. The molecule has 0 unspecified atom stereocenters. The number of aliphatic hydroxyl groups excluding tert-OH is 1. The first kappa shape index (κ1) is 15.4. The molecular weight excluding hydrogens is 301 g/mol. The topological polar surface area (TPSA) is 55.8 Å². The number of nitrogens with one attached hydrogen (secondary N) is 1. The number of carbonyl (C=O) groups excluding carboxylic acids is 1. The van der Waals surface area contributed by atoms with Gasteiger partial charge in [-0.25, -0.2) is 4.79 Å². The molecule has 5 nitrogen and oxygen atoms in total. The van der Waals surface area contributed by atoms with E-state index < -0.39 is 0 Å². The van der Waals surface area contributed by atoms with E-state index in [2.05, 4.69) is 10.2 Å². The van der Waals surface area contributed by atoms with Crippen LogP contribution in [0, 0.1) is 0 Å². The SMILES string of the molecule is O=C(Nc1ccc(Cl)c(Cl)c1)N1CCN(CCO)CC1. The maximum absolute atomic E-state index is 12.1. The summed E-state index contributed by atoms with van der Waals surface area (Å²) >= 11 is 11.7. The molecule has 110 valence electrons. The molecule has 0 atom stereocenters. The van der Waals surface area contributed by atoms with E-state index in [1.165, 1.54) is 0 Å². The van der Waals surface area contributed by atoms with E-state index in [1.807, 2.05) is 0 Å². The normalized spacial score (nSPS) is 16.2. The number of hydrogen-bond donors (Lipinski definition) is 2. The summed E-state index contributed by atoms with van der Waals surface area (Å²) in [5.41, 5.74) is 0.627. The summed E-state index contributed by atoms with van der Waals surface area (Å²) < 4.78 is 0. The molecule has 0 aliphatic carbocycles. The van der Waals surface area contributed by atoms with Crippen LogP contribution in [0.1, 0.15) is 0 Å². The number of urea groups is 1. The lowest BCUT2D eigenvalue weighted by Crippen LogP contribution is -2.50. The molecule has 1 aliphatic rings. The predicted octanol–water partition coefficient (Wildman–Crippen LogP) is 2.14. The molecule has 0 aromatic heterocycles. The molecule has 0 saturated carbocycles. The second kappa shape index (κ2) is 7.13. The van der Waals surface area contributed by atoms with Crippen LogP contribution in [0.25, 0.3) is 0 Å². The maximum atomic E-state index is 12.1. The highest BCUT2D eigenvalue weighted by molar-refractivity contribution is 6.42. The quantitative estimate of drug-likeness (QED) is 0.898. The molecule has 2 amide bonds. The Hall–Kier alpha value is -1.01. The summed E-state index contributed by atoms with van der Waals surface area (Å²) in [4.78, 5) is 16.0. The highest BCUT2D eigenvalue weighted by atomic mass is 35.5. The monoisotopic (exact) mass is 317 g/mol. The van der Waals surface area contributed by atoms with E-state index in [4.69, 9.17) is 28.3 Å². The lowest BCUT2D eigenvalue weighted by atomic mass is 10.3. The minimum absolute atomic E-state index is 0.146. The summed E-state index contributed by atoms with van der Waals surface area (Å²) in [6, 6.07) is 4.85. The van der Waals surface area contributed by atoms with Crippen LogP contribution in [0.2, 0.25) is 10.0 Å². The van der Waals surface area contributed by atoms with Gasteiger partial charge in [0.25, 0.3) is 0 Å². The molecule has 0 radical (unpaired) electrons. The van der Waals surface area contributed by atoms with Gasteiger partial charge in [0.2, 0.25) is 0 Å². The highest BCUT2D eigenvalue weighted by Gasteiger charge is 2.20. The second-order valence-electron chi connectivity index (χ2n) is 4.61. The van der Waals surface area contributed by atoms with Crippen molar-refractivity contribution in [2.24, 2.45) is 0 Å². The number of rotatable bonds is 3. The first-order valence-electron chi connectivity index (χ1n) is 6.44. The average molecular weight is 318 g/mol. The van der Waals surface area contributed by atoms with Crippen molar-refractivity contribution < 1.29 is 9.90 Å². The molecular formula is C13H17Cl2N3O2. The van der Waals surface area contributed by atoms with Gasteiger partial charge >= 0.3 is 6.03 Å². The fraction of sp³-hybridized carbons (Fsp3) is 0.462. The van der Waals surface area contributed by atoms with Crippen LogP contribution >= 0.6 is 23.2 Å². The van der Waals surface area contributed by atoms with Crippen molar-refractivity contribution in [1.82, 2.24) is 9.80 Å². The molecule has 1 fully saturated rings. The molecule has 20 heavy (non-hydrogen) atoms. The molecule has 7 heteroatoms. The fourth-order valence-electron chi connectivity index (χ4n) is 2.09. The molecule has 1 saturated heterocycles. The van der Waals surface area contributed by atoms with Crippen molar-refractivity contribution in [3.8, 4) is 0 Å². The minimum Gasteiger partial charge on any atom is -0.395 e. The zero-order valence-electron chi connectivity index (χ0n) is 11.0. The number of benzene rings is 1. The van der Waals surface area contributed by atoms with Crippen LogP contribution in [0.5, 0.6) is 0 Å². The Kier molecular flexibility index (Phi) is 5.48. The maximum Gasteiger partial charge on any atom is 0.321 e. The molecule has 0 spiro atoms. The van der Waals surface area contributed by atoms with Crippen molar-refractivity contribution in [1.29, 1.82) is 0 Å². The standard InChI is InChI=1S/C13H17Cl2N3O2/c14-11-2-1-10(9-12(11)15)16-13(20)18-5-3-17(4-6-18)7-8-19/h1-2,9,19H,3-8H2,(H,16,20). The lowest BCUT2D eigenvalue weighted by Gasteiger charge is -2.34. The number of halogens is 2. The highest BCUT2D eigenvalue weighted by Crippen LogP contribution is 2.25. The molecule has 2 rings (SSSR count). The molecule has 1 aliphatic heterocycles. The number of amides is 2. The lowest BCUT2D eigenvalue weighted by molar-refractivity contribution is 0.127. The van der Waals surface area contributed by atoms with E-state index >= 15 is 0 Å². The van der Waals surface area contributed by atoms with Gasteiger partial charge in [0.05, 0.1) is 16.7 Å². The van der Waals surface area contributed by atoms with E-state index in [9.17, 15) is 4.79 Å². The van der Waals surface area contributed by atoms with Crippen LogP contribution in [-0.2, 0) is 0 Å². The van der Waals surface area contributed by atoms with Crippen LogP contribution < -0.4 is 5.32 Å². The Labute approximate surface area is 128 Å². The molecule has 1 aromatic carbocycles. The third-order valence-corrected chi connectivity index (χ3v) is 3.99. The molecule has 1 aromatic rings. The Morgan fingerprint density at radius 3 is 2.50 bits per heavy atom. The summed E-state index contributed by atoms with van der Waals surface area (Å²) in [6.07, 6.45) is 0. The number of aliphatic hydroxyl groups is 1. The molecule has 0 bridgehead atoms. The third-order valence-electron chi connectivity index (χ3n) is 3.25. The van der Waals surface area contributed by atoms with E-state index in [0.717, 1.165) is 13.1 Å². The Bertz CT molecular complexity index is 477. The first-order chi connectivity index (χ1) is 9.60. The smallest absolute Gasteiger partial charge is 0.321 e. The van der Waals surface area contributed by atoms with Gasteiger partial charge in [-0.1, -0.05) is 23.2 Å². The number of β-amino-alcohol motifs (C(OH)–C–C–N with tert-alkyl or cyclic N) is 1. The first-order valence-corrected chi connectivity index (χ1v) is 7.20. The Morgan fingerprint density at radius 1 is 1.20 bits per heavy atom. The summed E-state index contributed by atoms with van der Waals surface area (Å²) in [6.45, 7) is 3.64. The van der Waals surface area contributed by atoms with Gasteiger partial charge in [-0.2, -0.15) is 0 Å². The summed E-state index contributed by atoms with van der Waals surface area (Å²) in [5.74, 6) is 0. The van der Waals surface area contributed by atoms with Crippen LogP contribution in [0.3, 0.4) is 0 Å². The van der Waals surface area contributed by atoms with E-state index in [1.54, 1.807) is 23.1 Å². The third kappa shape index (κ3) is 3.99. The summed E-state index contributed by atoms with van der Waals surface area (Å²) in [7, 11) is 0. The minimum atomic E-state index is -0.146. The Morgan fingerprint density at radius 2 is 1.90 bits per heavy atom. The zero-order chi connectivity index (χ0) is 14.5. The van der Waals surface area contributed by atoms with Gasteiger partial charge in [-0.05, 0) is 18.2 Å². The second-order valence-corrected chi connectivity index (χ2v) is 5.43. The summed E-state index contributed by atoms with van der Waals surface area (Å²) in [5, 5.41) is 12.6. The van der Waals surface area contributed by atoms with Gasteiger partial charge < -0.3 is 15.3 Å². The van der Waals surface area contributed by atoms with E-state index in [0.29, 0.717) is 35.4 Å². The van der Waals surface area contributed by atoms with Crippen molar-refractivity contribution in [3.63, 3.8) is 0 Å². The van der Waals surface area contributed by atoms with Crippen molar-refractivity contribution >= 4 is 34.9 Å². The van der Waals surface area contributed by atoms with Gasteiger partial charge in [0.15, 0.2) is 0 Å². The number of nitrogens with zero attached hydrogens (tertiary/aromatic N) is 2.